The molecule has 5 N–H and O–H groups in total. The number of fused-ring (bicyclic) bond motifs is 1. The first-order chi connectivity index (χ1) is 16.9. The number of benzene rings is 1. The number of anilines is 1. The third-order valence-corrected chi connectivity index (χ3v) is 7.06. The Labute approximate surface area is 220 Å². The van der Waals surface area contributed by atoms with Gasteiger partial charge in [-0.15, -0.1) is 11.6 Å². The normalized spacial score (nSPS) is 18.8. The molecule has 1 fully saturated rings. The molecule has 1 aromatic carbocycles. The highest BCUT2D eigenvalue weighted by atomic mass is 35.5. The van der Waals surface area contributed by atoms with Crippen LogP contribution in [0.2, 0.25) is 0 Å². The highest BCUT2D eigenvalue weighted by Gasteiger charge is 2.40. The summed E-state index contributed by atoms with van der Waals surface area (Å²) < 4.78 is 31.1. The molecule has 0 radical (unpaired) electrons. The van der Waals surface area contributed by atoms with Gasteiger partial charge in [0.2, 0.25) is 5.91 Å². The monoisotopic (exact) mass is 553 g/mol. The third kappa shape index (κ3) is 6.14. The Balaban J connectivity index is 1.92. The number of rotatable bonds is 8. The molecule has 36 heavy (non-hydrogen) atoms. The molecule has 10 nitrogen and oxygen atoms in total. The van der Waals surface area contributed by atoms with E-state index in [0.29, 0.717) is 19.5 Å². The summed E-state index contributed by atoms with van der Waals surface area (Å²) in [5.41, 5.74) is 1.63. The van der Waals surface area contributed by atoms with Crippen molar-refractivity contribution in [2.45, 2.75) is 30.6 Å². The van der Waals surface area contributed by atoms with Gasteiger partial charge in [0.05, 0.1) is 0 Å². The van der Waals surface area contributed by atoms with E-state index in [1.165, 1.54) is 18.2 Å². The number of carbonyl (C=O) groups is 3. The molecule has 0 aromatic heterocycles. The van der Waals surface area contributed by atoms with Crippen LogP contribution < -0.4 is 20.9 Å². The van der Waals surface area contributed by atoms with E-state index in [9.17, 15) is 28.0 Å². The average molecular weight is 554 g/mol. The van der Waals surface area contributed by atoms with Crippen LogP contribution in [-0.2, 0) is 19.8 Å². The molecular weight excluding hydrogens is 528 g/mol. The van der Waals surface area contributed by atoms with Crippen LogP contribution in [0.15, 0.2) is 58.7 Å². The predicted octanol–water partition coefficient (Wildman–Crippen LogP) is 2.67. The lowest BCUT2D eigenvalue weighted by Gasteiger charge is -2.34. The fourth-order valence-electron chi connectivity index (χ4n) is 4.00. The van der Waals surface area contributed by atoms with E-state index in [4.69, 9.17) is 23.8 Å². The molecule has 1 aromatic rings. The van der Waals surface area contributed by atoms with Crippen molar-refractivity contribution in [3.8, 4) is 0 Å². The Bertz CT molecular complexity index is 1170. The van der Waals surface area contributed by atoms with Crippen LogP contribution in [0.3, 0.4) is 0 Å². The molecule has 3 amide bonds. The van der Waals surface area contributed by atoms with E-state index in [1.807, 2.05) is 24.8 Å². The average Bonchev–Trinajstić information content (AvgIpc) is 3.00. The molecule has 194 valence electrons. The first-order valence-electron chi connectivity index (χ1n) is 10.9. The van der Waals surface area contributed by atoms with Gasteiger partial charge in [0.1, 0.15) is 11.5 Å². The Morgan fingerprint density at radius 3 is 2.47 bits per heavy atom. The maximum atomic E-state index is 12.0. The molecule has 0 saturated carbocycles. The molecule has 3 rings (SSSR count). The quantitative estimate of drug-likeness (QED) is 0.108. The van der Waals surface area contributed by atoms with E-state index < -0.39 is 28.1 Å². The SMILES string of the molecule is CC1(C)/C(=C\C=C\C=C2C(=O)NC(=S)NC2=O)N(CCCNC(=O)CCl)c2ccc(S([O-])(O)O)cc21. The van der Waals surface area contributed by atoms with Crippen LogP contribution in [0.25, 0.3) is 0 Å². The van der Waals surface area contributed by atoms with Gasteiger partial charge in [-0.25, -0.2) is 0 Å². The molecular formula is C23H26ClN4O6S2-. The molecule has 2 heterocycles. The molecule has 0 spiro atoms. The molecule has 0 unspecified atom stereocenters. The number of alkyl halides is 1. The minimum atomic E-state index is -4.15. The summed E-state index contributed by atoms with van der Waals surface area (Å²) in [7, 11) is -4.15. The van der Waals surface area contributed by atoms with Gasteiger partial charge in [-0.3, -0.25) is 25.0 Å². The Hall–Kier alpha value is -2.74. The van der Waals surface area contributed by atoms with Crippen LogP contribution in [0.5, 0.6) is 0 Å². The second-order valence-corrected chi connectivity index (χ2v) is 10.7. The predicted molar refractivity (Wildman–Crippen MR) is 141 cm³/mol. The summed E-state index contributed by atoms with van der Waals surface area (Å²) in [4.78, 5) is 37.4. The second-order valence-electron chi connectivity index (χ2n) is 8.54. The van der Waals surface area contributed by atoms with Crippen molar-refractivity contribution < 1.29 is 28.0 Å². The second kappa shape index (κ2) is 11.1. The maximum Gasteiger partial charge on any atom is 0.263 e. The lowest BCUT2D eigenvalue weighted by Crippen LogP contribution is -2.51. The molecule has 2 aliphatic heterocycles. The topological polar surface area (TPSA) is 154 Å². The molecule has 0 atom stereocenters. The summed E-state index contributed by atoms with van der Waals surface area (Å²) in [5, 5.41) is 7.40. The minimum absolute atomic E-state index is 0.0503. The number of hydrogen-bond donors (Lipinski definition) is 5. The molecule has 0 bridgehead atoms. The zero-order chi connectivity index (χ0) is 26.7. The summed E-state index contributed by atoms with van der Waals surface area (Å²) in [6.07, 6.45) is 6.99. The molecule has 2 aliphatic rings. The van der Waals surface area contributed by atoms with Gasteiger partial charge in [0, 0.05) is 34.8 Å². The molecule has 13 heteroatoms. The Kier molecular flexibility index (Phi) is 8.59. The first-order valence-corrected chi connectivity index (χ1v) is 13.3. The van der Waals surface area contributed by atoms with Gasteiger partial charge in [0.15, 0.2) is 5.11 Å². The molecule has 1 saturated heterocycles. The zero-order valence-corrected chi connectivity index (χ0v) is 21.9. The summed E-state index contributed by atoms with van der Waals surface area (Å²) in [6, 6.07) is 4.57. The van der Waals surface area contributed by atoms with Crippen LogP contribution in [0, 0.1) is 0 Å². The minimum Gasteiger partial charge on any atom is -0.769 e. The van der Waals surface area contributed by atoms with Crippen molar-refractivity contribution in [2.75, 3.05) is 23.9 Å². The number of amides is 3. The van der Waals surface area contributed by atoms with Gasteiger partial charge < -0.3 is 23.9 Å². The summed E-state index contributed by atoms with van der Waals surface area (Å²) in [5.74, 6) is -1.59. The van der Waals surface area contributed by atoms with E-state index in [-0.39, 0.29) is 27.4 Å². The molecule has 0 aliphatic carbocycles. The summed E-state index contributed by atoms with van der Waals surface area (Å²) >= 11 is 10.3. The largest absolute Gasteiger partial charge is 0.769 e. The highest BCUT2D eigenvalue weighted by molar-refractivity contribution is 8.19. The number of hydrogen-bond acceptors (Lipinski definition) is 8. The number of allylic oxidation sites excluding steroid dienone is 5. The first kappa shape index (κ1) is 27.8. The van der Waals surface area contributed by atoms with Gasteiger partial charge in [-0.05, 0) is 54.6 Å². The van der Waals surface area contributed by atoms with E-state index in [0.717, 1.165) is 16.9 Å². The fraction of sp³-hybridized carbons (Fsp3) is 0.304. The van der Waals surface area contributed by atoms with Crippen LogP contribution in [0.4, 0.5) is 5.69 Å². The highest BCUT2D eigenvalue weighted by Crippen LogP contribution is 2.52. The fourth-order valence-corrected chi connectivity index (χ4v) is 4.79. The van der Waals surface area contributed by atoms with E-state index in [2.05, 4.69) is 16.0 Å². The van der Waals surface area contributed by atoms with E-state index in [1.54, 1.807) is 18.2 Å². The number of nitrogens with one attached hydrogen (secondary N) is 3. The van der Waals surface area contributed by atoms with Gasteiger partial charge in [-0.2, -0.15) is 0 Å². The van der Waals surface area contributed by atoms with Crippen molar-refractivity contribution >= 4 is 63.2 Å². The van der Waals surface area contributed by atoms with Crippen molar-refractivity contribution in [3.63, 3.8) is 0 Å². The van der Waals surface area contributed by atoms with Gasteiger partial charge >= 0.3 is 0 Å². The van der Waals surface area contributed by atoms with Crippen molar-refractivity contribution in [3.05, 3.63) is 59.3 Å². The van der Waals surface area contributed by atoms with Crippen molar-refractivity contribution in [1.29, 1.82) is 0 Å². The number of carbonyl (C=O) groups excluding carboxylic acids is 3. The van der Waals surface area contributed by atoms with Gasteiger partial charge in [0.25, 0.3) is 11.8 Å². The number of halogens is 1. The standard InChI is InChI=1S/C23H27ClN4O6S2/c1-23(2)16-12-14(36(32,33)34)8-9-17(16)28(11-5-10-25-19(29)13-24)18(23)7-4-3-6-15-20(30)26-22(35)27-21(15)31/h3-4,6-9,12,32-34H,5,10-11,13H2,1-2H3,(H,25,29)(H2,26,27,30,31,35)/p-1/b4-3+,18-7+. The van der Waals surface area contributed by atoms with Crippen LogP contribution >= 0.6 is 34.7 Å². The van der Waals surface area contributed by atoms with Crippen LogP contribution in [-0.4, -0.2) is 55.5 Å². The number of nitrogens with zero attached hydrogens (tertiary/aromatic N) is 1. The van der Waals surface area contributed by atoms with Gasteiger partial charge in [-0.1, -0.05) is 36.9 Å². The summed E-state index contributed by atoms with van der Waals surface area (Å²) in [6.45, 7) is 4.78. The Morgan fingerprint density at radius 1 is 1.22 bits per heavy atom. The zero-order valence-electron chi connectivity index (χ0n) is 19.5. The third-order valence-electron chi connectivity index (χ3n) is 5.74. The van der Waals surface area contributed by atoms with Crippen molar-refractivity contribution in [1.82, 2.24) is 16.0 Å². The van der Waals surface area contributed by atoms with Crippen LogP contribution in [0.1, 0.15) is 25.8 Å². The van der Waals surface area contributed by atoms with Crippen molar-refractivity contribution in [2.24, 2.45) is 0 Å². The lowest BCUT2D eigenvalue weighted by molar-refractivity contribution is -0.123. The van der Waals surface area contributed by atoms with E-state index >= 15 is 0 Å². The maximum absolute atomic E-state index is 12.0. The lowest BCUT2D eigenvalue weighted by atomic mass is 9.83. The smallest absolute Gasteiger partial charge is 0.263 e. The number of thiocarbonyl (C=S) groups is 1. The Morgan fingerprint density at radius 2 is 1.86 bits per heavy atom.